The zero-order chi connectivity index (χ0) is 40.7. The van der Waals surface area contributed by atoms with Crippen molar-refractivity contribution in [2.45, 2.75) is 0 Å². The number of anilines is 3. The van der Waals surface area contributed by atoms with Gasteiger partial charge >= 0.3 is 0 Å². The van der Waals surface area contributed by atoms with Gasteiger partial charge in [0.2, 0.25) is 0 Å². The van der Waals surface area contributed by atoms with Crippen LogP contribution in [0.3, 0.4) is 0 Å². The Morgan fingerprint density at radius 1 is 0.258 bits per heavy atom. The van der Waals surface area contributed by atoms with Crippen LogP contribution in [-0.2, 0) is 0 Å². The van der Waals surface area contributed by atoms with E-state index in [0.29, 0.717) is 0 Å². The summed E-state index contributed by atoms with van der Waals surface area (Å²) in [6.07, 6.45) is 0. The van der Waals surface area contributed by atoms with E-state index in [1.54, 1.807) is 0 Å². The second kappa shape index (κ2) is 13.7. The first-order valence-corrected chi connectivity index (χ1v) is 21.3. The first kappa shape index (κ1) is 34.6. The van der Waals surface area contributed by atoms with Crippen LogP contribution >= 0.6 is 0 Å². The molecule has 0 N–H and O–H groups in total. The number of hydrogen-bond donors (Lipinski definition) is 0. The van der Waals surface area contributed by atoms with Gasteiger partial charge in [-0.3, -0.25) is 0 Å². The normalized spacial score (nSPS) is 11.9. The number of para-hydroxylation sites is 1. The minimum atomic E-state index is 0.905. The van der Waals surface area contributed by atoms with Gasteiger partial charge in [0.1, 0.15) is 11.2 Å². The topological polar surface area (TPSA) is 16.4 Å². The van der Waals surface area contributed by atoms with E-state index in [1.807, 2.05) is 6.07 Å². The Hall–Kier alpha value is -8.20. The lowest BCUT2D eigenvalue weighted by Crippen LogP contribution is -2.11. The zero-order valence-electron chi connectivity index (χ0n) is 33.7. The predicted molar refractivity (Wildman–Crippen MR) is 264 cm³/mol. The lowest BCUT2D eigenvalue weighted by atomic mass is 9.84. The summed E-state index contributed by atoms with van der Waals surface area (Å²) in [7, 11) is 0. The van der Waals surface area contributed by atoms with Crippen molar-refractivity contribution in [1.82, 2.24) is 0 Å². The number of rotatable bonds is 5. The van der Waals surface area contributed by atoms with Gasteiger partial charge in [-0.15, -0.1) is 0 Å². The van der Waals surface area contributed by atoms with E-state index in [0.717, 1.165) is 39.0 Å². The minimum absolute atomic E-state index is 0.905. The van der Waals surface area contributed by atoms with Gasteiger partial charge in [-0.25, -0.2) is 0 Å². The Bertz CT molecular complexity index is 3860. The van der Waals surface area contributed by atoms with Crippen LogP contribution in [-0.4, -0.2) is 0 Å². The van der Waals surface area contributed by atoms with Crippen LogP contribution in [0.15, 0.2) is 229 Å². The smallest absolute Gasteiger partial charge is 0.135 e. The van der Waals surface area contributed by atoms with Crippen LogP contribution in [0.1, 0.15) is 0 Å². The summed E-state index contributed by atoms with van der Waals surface area (Å²) in [5.74, 6) is 0. The molecule has 0 aliphatic rings. The van der Waals surface area contributed by atoms with Crippen LogP contribution < -0.4 is 4.90 Å². The quantitative estimate of drug-likeness (QED) is 0.162. The first-order valence-electron chi connectivity index (χ1n) is 21.3. The van der Waals surface area contributed by atoms with Crippen molar-refractivity contribution < 1.29 is 4.42 Å². The summed E-state index contributed by atoms with van der Waals surface area (Å²) in [5, 5.41) is 16.9. The summed E-state index contributed by atoms with van der Waals surface area (Å²) >= 11 is 0. The number of benzene rings is 12. The minimum Gasteiger partial charge on any atom is -0.456 e. The highest BCUT2D eigenvalue weighted by Gasteiger charge is 2.21. The van der Waals surface area contributed by atoms with Crippen molar-refractivity contribution in [3.8, 4) is 22.3 Å². The Morgan fingerprint density at radius 2 is 0.710 bits per heavy atom. The molecule has 13 rings (SSSR count). The van der Waals surface area contributed by atoms with E-state index >= 15 is 0 Å². The Balaban J connectivity index is 1.03. The lowest BCUT2D eigenvalue weighted by Gasteiger charge is -2.28. The molecule has 0 saturated carbocycles. The first-order chi connectivity index (χ1) is 30.7. The van der Waals surface area contributed by atoms with Crippen LogP contribution in [0.4, 0.5) is 17.1 Å². The summed E-state index contributed by atoms with van der Waals surface area (Å²) in [4.78, 5) is 2.44. The number of furan rings is 1. The van der Waals surface area contributed by atoms with Gasteiger partial charge in [-0.05, 0) is 137 Å². The third-order valence-corrected chi connectivity index (χ3v) is 12.9. The van der Waals surface area contributed by atoms with E-state index < -0.39 is 0 Å². The van der Waals surface area contributed by atoms with Crippen molar-refractivity contribution in [3.05, 3.63) is 224 Å². The molecule has 2 nitrogen and oxygen atoms in total. The molecular formula is C60H37NO. The number of nitrogens with zero attached hydrogens (tertiary/aromatic N) is 1. The summed E-state index contributed by atoms with van der Waals surface area (Å²) < 4.78 is 6.28. The van der Waals surface area contributed by atoms with Crippen molar-refractivity contribution in [2.24, 2.45) is 0 Å². The maximum atomic E-state index is 6.28. The molecule has 0 atom stereocenters. The molecular weight excluding hydrogens is 751 g/mol. The van der Waals surface area contributed by atoms with Crippen LogP contribution in [0, 0.1) is 0 Å². The van der Waals surface area contributed by atoms with Gasteiger partial charge in [0, 0.05) is 27.2 Å². The highest BCUT2D eigenvalue weighted by molar-refractivity contribution is 6.24. The molecule has 0 aliphatic heterocycles. The SMILES string of the molecule is c1ccc2cc3c(-c4ccc5oc6ccccc6c5c4)c4ccccc4c(-c4ccc5cc(N(c6cccc7ccccc67)c6cccc7ccccc67)ccc5c4)c3cc2c1. The van der Waals surface area contributed by atoms with Crippen LogP contribution in [0.25, 0.3) is 109 Å². The summed E-state index contributed by atoms with van der Waals surface area (Å²) in [6.45, 7) is 0. The molecule has 13 aromatic rings. The third kappa shape index (κ3) is 5.37. The van der Waals surface area contributed by atoms with Gasteiger partial charge in [0.05, 0.1) is 11.4 Å². The lowest BCUT2D eigenvalue weighted by molar-refractivity contribution is 0.669. The van der Waals surface area contributed by atoms with Crippen molar-refractivity contribution >= 4 is 104 Å². The van der Waals surface area contributed by atoms with Crippen molar-refractivity contribution in [3.63, 3.8) is 0 Å². The van der Waals surface area contributed by atoms with E-state index in [4.69, 9.17) is 4.42 Å². The average Bonchev–Trinajstić information content (AvgIpc) is 3.71. The zero-order valence-corrected chi connectivity index (χ0v) is 33.7. The second-order valence-electron chi connectivity index (χ2n) is 16.4. The highest BCUT2D eigenvalue weighted by atomic mass is 16.3. The largest absolute Gasteiger partial charge is 0.456 e. The predicted octanol–water partition coefficient (Wildman–Crippen LogP) is 17.3. The summed E-state index contributed by atoms with van der Waals surface area (Å²) in [6, 6.07) is 82.1. The molecule has 0 saturated heterocycles. The molecule has 0 aliphatic carbocycles. The molecule has 2 heteroatoms. The Labute approximate surface area is 358 Å². The fourth-order valence-electron chi connectivity index (χ4n) is 10.1. The molecule has 0 amide bonds. The fraction of sp³-hybridized carbons (Fsp3) is 0. The fourth-order valence-corrected chi connectivity index (χ4v) is 10.1. The van der Waals surface area contributed by atoms with Gasteiger partial charge in [0.15, 0.2) is 0 Å². The standard InChI is InChI=1S/C60H37NO/c1-2-16-41-36-54-53(35-40(41)15-1)59(50-22-7-8-23-51(50)60(54)45-30-32-58-52(37-45)49-21-9-10-26-57(49)62-58)44-28-27-43-34-46(31-29-42(43)33-44)61(55-24-11-17-38-13-3-5-19-47(38)55)56-25-12-18-39-14-4-6-20-48(39)56/h1-37H. The molecule has 1 heterocycles. The monoisotopic (exact) mass is 787 g/mol. The molecule has 1 aromatic heterocycles. The molecule has 288 valence electrons. The van der Waals surface area contributed by atoms with Crippen molar-refractivity contribution in [2.75, 3.05) is 4.90 Å². The molecule has 0 fully saturated rings. The molecule has 0 bridgehead atoms. The van der Waals surface area contributed by atoms with Gasteiger partial charge in [-0.1, -0.05) is 164 Å². The van der Waals surface area contributed by atoms with Crippen LogP contribution in [0.5, 0.6) is 0 Å². The van der Waals surface area contributed by atoms with Crippen LogP contribution in [0.2, 0.25) is 0 Å². The second-order valence-corrected chi connectivity index (χ2v) is 16.4. The van der Waals surface area contributed by atoms with Crippen molar-refractivity contribution in [1.29, 1.82) is 0 Å². The van der Waals surface area contributed by atoms with Gasteiger partial charge in [-0.2, -0.15) is 0 Å². The third-order valence-electron chi connectivity index (χ3n) is 12.9. The van der Waals surface area contributed by atoms with E-state index in [-0.39, 0.29) is 0 Å². The summed E-state index contributed by atoms with van der Waals surface area (Å²) in [5.41, 5.74) is 10.1. The van der Waals surface area contributed by atoms with Gasteiger partial charge in [0.25, 0.3) is 0 Å². The molecule has 12 aromatic carbocycles. The number of hydrogen-bond acceptors (Lipinski definition) is 2. The maximum absolute atomic E-state index is 6.28. The highest BCUT2D eigenvalue weighted by Crippen LogP contribution is 2.47. The Morgan fingerprint density at radius 3 is 1.35 bits per heavy atom. The molecule has 0 radical (unpaired) electrons. The molecule has 0 unspecified atom stereocenters. The molecule has 0 spiro atoms. The van der Waals surface area contributed by atoms with Gasteiger partial charge < -0.3 is 9.32 Å². The average molecular weight is 788 g/mol. The number of fused-ring (bicyclic) bond motifs is 9. The van der Waals surface area contributed by atoms with E-state index in [9.17, 15) is 0 Å². The van der Waals surface area contributed by atoms with E-state index in [1.165, 1.54) is 86.9 Å². The maximum Gasteiger partial charge on any atom is 0.135 e. The molecule has 62 heavy (non-hydrogen) atoms. The van der Waals surface area contributed by atoms with E-state index in [2.05, 4.69) is 223 Å². The Kier molecular flexibility index (Phi) is 7.64.